The van der Waals surface area contributed by atoms with Gasteiger partial charge in [-0.1, -0.05) is 13.8 Å². The summed E-state index contributed by atoms with van der Waals surface area (Å²) in [5, 5.41) is 3.00. The van der Waals surface area contributed by atoms with Gasteiger partial charge in [-0.05, 0) is 19.8 Å². The number of carbonyl (C=O) groups excluding carboxylic acids is 1. The van der Waals surface area contributed by atoms with Gasteiger partial charge in [0.15, 0.2) is 0 Å². The van der Waals surface area contributed by atoms with Crippen molar-refractivity contribution in [2.45, 2.75) is 46.6 Å². The largest absolute Gasteiger partial charge is 0.466 e. The zero-order valence-corrected chi connectivity index (χ0v) is 13.0. The predicted octanol–water partition coefficient (Wildman–Crippen LogP) is 3.37. The maximum Gasteiger partial charge on any atom is 0.306 e. The minimum Gasteiger partial charge on any atom is -0.466 e. The zero-order chi connectivity index (χ0) is 14.3. The molecule has 0 spiro atoms. The van der Waals surface area contributed by atoms with Crippen LogP contribution in [-0.4, -0.2) is 24.2 Å². The van der Waals surface area contributed by atoms with Gasteiger partial charge in [-0.15, -0.1) is 11.3 Å². The molecule has 0 saturated heterocycles. The summed E-state index contributed by atoms with van der Waals surface area (Å²) in [5.41, 5.74) is 0.943. The Morgan fingerprint density at radius 1 is 1.37 bits per heavy atom. The number of esters is 1. The first-order chi connectivity index (χ1) is 9.08. The van der Waals surface area contributed by atoms with E-state index < -0.39 is 0 Å². The topological polar surface area (TPSA) is 48.4 Å². The van der Waals surface area contributed by atoms with Crippen molar-refractivity contribution in [2.75, 3.05) is 13.2 Å². The average Bonchev–Trinajstić information content (AvgIpc) is 2.82. The Hall–Kier alpha value is -0.940. The van der Waals surface area contributed by atoms with E-state index in [1.54, 1.807) is 11.3 Å². The second-order valence-corrected chi connectivity index (χ2v) is 5.49. The Morgan fingerprint density at radius 3 is 2.68 bits per heavy atom. The minimum atomic E-state index is -0.165. The average molecular weight is 285 g/mol. The highest BCUT2D eigenvalue weighted by atomic mass is 32.1. The number of aromatic nitrogens is 1. The number of thiazole rings is 1. The lowest BCUT2D eigenvalue weighted by Crippen LogP contribution is -2.11. The van der Waals surface area contributed by atoms with Crippen molar-refractivity contribution >= 4 is 17.3 Å². The maximum atomic E-state index is 11.3. The first kappa shape index (κ1) is 16.1. The van der Waals surface area contributed by atoms with E-state index in [0.717, 1.165) is 10.7 Å². The summed E-state index contributed by atoms with van der Waals surface area (Å²) in [6.45, 7) is 9.17. The van der Waals surface area contributed by atoms with Gasteiger partial charge in [-0.25, -0.2) is 4.98 Å². The molecule has 108 valence electrons. The van der Waals surface area contributed by atoms with Crippen molar-refractivity contribution in [1.82, 2.24) is 4.98 Å². The summed E-state index contributed by atoms with van der Waals surface area (Å²) in [6.07, 6.45) is 1.07. The van der Waals surface area contributed by atoms with Gasteiger partial charge < -0.3 is 9.47 Å². The third-order valence-corrected chi connectivity index (χ3v) is 3.61. The van der Waals surface area contributed by atoms with Crippen molar-refractivity contribution in [1.29, 1.82) is 0 Å². The lowest BCUT2D eigenvalue weighted by Gasteiger charge is -2.18. The Labute approximate surface area is 119 Å². The van der Waals surface area contributed by atoms with E-state index in [0.29, 0.717) is 32.0 Å². The van der Waals surface area contributed by atoms with Crippen molar-refractivity contribution in [3.8, 4) is 0 Å². The highest BCUT2D eigenvalue weighted by Gasteiger charge is 2.19. The fourth-order valence-electron chi connectivity index (χ4n) is 1.76. The lowest BCUT2D eigenvalue weighted by molar-refractivity contribution is -0.143. The van der Waals surface area contributed by atoms with E-state index in [1.807, 2.05) is 19.2 Å². The van der Waals surface area contributed by atoms with Crippen LogP contribution in [-0.2, 0) is 20.7 Å². The van der Waals surface area contributed by atoms with Crippen LogP contribution in [0.15, 0.2) is 5.38 Å². The molecule has 1 rings (SSSR count). The second kappa shape index (κ2) is 8.27. The van der Waals surface area contributed by atoms with Crippen LogP contribution < -0.4 is 0 Å². The molecule has 0 bridgehead atoms. The molecule has 0 saturated carbocycles. The van der Waals surface area contributed by atoms with Gasteiger partial charge in [-0.2, -0.15) is 0 Å². The predicted molar refractivity (Wildman–Crippen MR) is 76.3 cm³/mol. The van der Waals surface area contributed by atoms with Crippen LogP contribution in [0.3, 0.4) is 0 Å². The normalized spacial score (nSPS) is 12.7. The Balaban J connectivity index is 2.57. The number of nitrogens with zero attached hydrogens (tertiary/aromatic N) is 1. The summed E-state index contributed by atoms with van der Waals surface area (Å²) in [4.78, 5) is 15.9. The second-order valence-electron chi connectivity index (χ2n) is 4.60. The number of carbonyl (C=O) groups is 1. The van der Waals surface area contributed by atoms with E-state index in [-0.39, 0.29) is 12.1 Å². The Bertz CT molecular complexity index is 390. The van der Waals surface area contributed by atoms with Gasteiger partial charge in [0.05, 0.1) is 18.7 Å². The van der Waals surface area contributed by atoms with Gasteiger partial charge >= 0.3 is 5.97 Å². The number of ether oxygens (including phenoxy) is 2. The van der Waals surface area contributed by atoms with Gasteiger partial charge in [0.25, 0.3) is 0 Å². The lowest BCUT2D eigenvalue weighted by atomic mass is 10.1. The number of hydrogen-bond acceptors (Lipinski definition) is 5. The third-order valence-electron chi connectivity index (χ3n) is 2.66. The molecular weight excluding hydrogens is 262 g/mol. The highest BCUT2D eigenvalue weighted by molar-refractivity contribution is 7.09. The van der Waals surface area contributed by atoms with E-state index in [1.165, 1.54) is 0 Å². The molecule has 1 aromatic rings. The molecule has 0 N–H and O–H groups in total. The summed E-state index contributed by atoms with van der Waals surface area (Å²) >= 11 is 1.60. The molecule has 1 aromatic heterocycles. The quantitative estimate of drug-likeness (QED) is 0.687. The first-order valence-corrected chi connectivity index (χ1v) is 7.67. The van der Waals surface area contributed by atoms with Crippen LogP contribution in [0, 0.1) is 5.92 Å². The van der Waals surface area contributed by atoms with Crippen molar-refractivity contribution in [2.24, 2.45) is 5.92 Å². The first-order valence-electron chi connectivity index (χ1n) is 6.80. The SMILES string of the molecule is CCOC(=O)CCc1csc(C(OCC)C(C)C)n1. The summed E-state index contributed by atoms with van der Waals surface area (Å²) in [5.74, 6) is 0.228. The van der Waals surface area contributed by atoms with Crippen LogP contribution in [0.25, 0.3) is 0 Å². The smallest absolute Gasteiger partial charge is 0.306 e. The van der Waals surface area contributed by atoms with Gasteiger partial charge in [0.2, 0.25) is 0 Å². The summed E-state index contributed by atoms with van der Waals surface area (Å²) < 4.78 is 10.6. The van der Waals surface area contributed by atoms with Crippen molar-refractivity contribution in [3.05, 3.63) is 16.1 Å². The van der Waals surface area contributed by atoms with Gasteiger partial charge in [0, 0.05) is 18.4 Å². The fraction of sp³-hybridized carbons (Fsp3) is 0.714. The summed E-state index contributed by atoms with van der Waals surface area (Å²) in [7, 11) is 0. The summed E-state index contributed by atoms with van der Waals surface area (Å²) in [6, 6.07) is 0. The Kier molecular flexibility index (Phi) is 7.02. The number of rotatable bonds is 8. The van der Waals surface area contributed by atoms with Crippen molar-refractivity contribution < 1.29 is 14.3 Å². The molecular formula is C14H23NO3S. The molecule has 4 nitrogen and oxygen atoms in total. The van der Waals surface area contributed by atoms with Crippen LogP contribution in [0.1, 0.15) is 50.9 Å². The standard InChI is InChI=1S/C14H23NO3S/c1-5-17-12(16)8-7-11-9-19-14(15-11)13(10(3)4)18-6-2/h9-10,13H,5-8H2,1-4H3. The number of hydrogen-bond donors (Lipinski definition) is 0. The van der Waals surface area contributed by atoms with E-state index in [2.05, 4.69) is 18.8 Å². The van der Waals surface area contributed by atoms with E-state index in [4.69, 9.17) is 9.47 Å². The fourth-order valence-corrected chi connectivity index (χ4v) is 2.83. The molecule has 1 atom stereocenters. The van der Waals surface area contributed by atoms with E-state index >= 15 is 0 Å². The number of aryl methyl sites for hydroxylation is 1. The van der Waals surface area contributed by atoms with Crippen LogP contribution in [0.4, 0.5) is 0 Å². The molecule has 0 aliphatic carbocycles. The molecule has 0 fully saturated rings. The zero-order valence-electron chi connectivity index (χ0n) is 12.1. The van der Waals surface area contributed by atoms with Gasteiger partial charge in [-0.3, -0.25) is 4.79 Å². The molecule has 1 unspecified atom stereocenters. The van der Waals surface area contributed by atoms with E-state index in [9.17, 15) is 4.79 Å². The van der Waals surface area contributed by atoms with Crippen LogP contribution in [0.5, 0.6) is 0 Å². The Morgan fingerprint density at radius 2 is 2.11 bits per heavy atom. The monoisotopic (exact) mass is 285 g/mol. The molecule has 0 amide bonds. The van der Waals surface area contributed by atoms with Crippen LogP contribution in [0.2, 0.25) is 0 Å². The molecule has 0 aliphatic heterocycles. The molecule has 5 heteroatoms. The molecule has 0 aromatic carbocycles. The molecule has 19 heavy (non-hydrogen) atoms. The highest BCUT2D eigenvalue weighted by Crippen LogP contribution is 2.28. The molecule has 0 radical (unpaired) electrons. The molecule has 0 aliphatic rings. The third kappa shape index (κ3) is 5.28. The maximum absolute atomic E-state index is 11.3. The molecule has 1 heterocycles. The van der Waals surface area contributed by atoms with Gasteiger partial charge in [0.1, 0.15) is 11.1 Å². The van der Waals surface area contributed by atoms with Crippen molar-refractivity contribution in [3.63, 3.8) is 0 Å². The van der Waals surface area contributed by atoms with Crippen LogP contribution >= 0.6 is 11.3 Å². The minimum absolute atomic E-state index is 0.0475.